The molecule has 0 amide bonds. The fourth-order valence-corrected chi connectivity index (χ4v) is 5.01. The molecule has 7 heteroatoms. The third kappa shape index (κ3) is 4.72. The Labute approximate surface area is 156 Å². The number of benzene rings is 1. The zero-order valence-electron chi connectivity index (χ0n) is 15.6. The van der Waals surface area contributed by atoms with Gasteiger partial charge in [0.1, 0.15) is 5.82 Å². The molecule has 142 valence electrons. The van der Waals surface area contributed by atoms with Crippen molar-refractivity contribution in [2.24, 2.45) is 0 Å². The van der Waals surface area contributed by atoms with Crippen LogP contribution in [0.15, 0.2) is 42.7 Å². The maximum absolute atomic E-state index is 12.7. The average molecular weight is 377 g/mol. The van der Waals surface area contributed by atoms with Crippen molar-refractivity contribution in [2.45, 2.75) is 31.1 Å². The van der Waals surface area contributed by atoms with Crippen molar-refractivity contribution in [3.63, 3.8) is 0 Å². The third-order valence-electron chi connectivity index (χ3n) is 4.94. The molecule has 0 aliphatic carbocycles. The molecule has 0 unspecified atom stereocenters. The van der Waals surface area contributed by atoms with Crippen molar-refractivity contribution in [3.8, 4) is 0 Å². The number of piperidine rings is 1. The van der Waals surface area contributed by atoms with Crippen LogP contribution in [0, 0.1) is 0 Å². The zero-order chi connectivity index (χ0) is 18.6. The van der Waals surface area contributed by atoms with Gasteiger partial charge >= 0.3 is 0 Å². The second kappa shape index (κ2) is 8.33. The number of hydrogen-bond donors (Lipinski definition) is 0. The molecule has 2 aromatic rings. The summed E-state index contributed by atoms with van der Waals surface area (Å²) in [6, 6.07) is 9.40. The lowest BCUT2D eigenvalue weighted by Crippen LogP contribution is -2.39. The Morgan fingerprint density at radius 2 is 1.85 bits per heavy atom. The lowest BCUT2D eigenvalue weighted by molar-refractivity contribution is 0.305. The number of rotatable bonds is 7. The third-order valence-corrected chi connectivity index (χ3v) is 6.79. The van der Waals surface area contributed by atoms with Gasteiger partial charge in [0.25, 0.3) is 0 Å². The van der Waals surface area contributed by atoms with Gasteiger partial charge in [0.15, 0.2) is 0 Å². The number of hydrogen-bond acceptors (Lipinski definition) is 4. The lowest BCUT2D eigenvalue weighted by atomic mass is 9.97. The fraction of sp³-hybridized carbons (Fsp3) is 0.526. The van der Waals surface area contributed by atoms with E-state index in [0.717, 1.165) is 37.3 Å². The molecule has 0 saturated carbocycles. The normalized spacial score (nSPS) is 17.0. The lowest BCUT2D eigenvalue weighted by Gasteiger charge is -2.31. The van der Waals surface area contributed by atoms with E-state index in [0.29, 0.717) is 19.0 Å². The molecule has 0 radical (unpaired) electrons. The monoisotopic (exact) mass is 376 g/mol. The Morgan fingerprint density at radius 1 is 1.15 bits per heavy atom. The van der Waals surface area contributed by atoms with Crippen LogP contribution < -0.4 is 0 Å². The molecule has 1 aliphatic heterocycles. The second-order valence-corrected chi connectivity index (χ2v) is 9.17. The van der Waals surface area contributed by atoms with Crippen LogP contribution in [0.25, 0.3) is 0 Å². The van der Waals surface area contributed by atoms with E-state index in [2.05, 4.69) is 28.5 Å². The zero-order valence-corrected chi connectivity index (χ0v) is 16.4. The standard InChI is InChI=1S/C19H28N4O2S/c1-21(2)14-15-22-13-10-20-19(22)18-8-11-23(12-9-18)26(24,25)16-17-6-4-3-5-7-17/h3-7,10,13,18H,8-9,11-12,14-16H2,1-2H3. The van der Waals surface area contributed by atoms with E-state index >= 15 is 0 Å². The summed E-state index contributed by atoms with van der Waals surface area (Å²) in [4.78, 5) is 6.70. The number of sulfonamides is 1. The van der Waals surface area contributed by atoms with Crippen LogP contribution in [0.3, 0.4) is 0 Å². The van der Waals surface area contributed by atoms with Crippen molar-refractivity contribution in [1.82, 2.24) is 18.8 Å². The van der Waals surface area contributed by atoms with Gasteiger partial charge in [-0.25, -0.2) is 17.7 Å². The molecule has 0 N–H and O–H groups in total. The maximum Gasteiger partial charge on any atom is 0.218 e. The number of likely N-dealkylation sites (N-methyl/N-ethyl adjacent to an activating group) is 1. The average Bonchev–Trinajstić information content (AvgIpc) is 3.09. The molecular weight excluding hydrogens is 348 g/mol. The maximum atomic E-state index is 12.7. The van der Waals surface area contributed by atoms with Crippen LogP contribution in [0.5, 0.6) is 0 Å². The molecule has 1 aromatic heterocycles. The molecule has 1 aromatic carbocycles. The molecule has 1 saturated heterocycles. The first-order valence-electron chi connectivity index (χ1n) is 9.13. The summed E-state index contributed by atoms with van der Waals surface area (Å²) >= 11 is 0. The Kier molecular flexibility index (Phi) is 6.11. The highest BCUT2D eigenvalue weighted by Crippen LogP contribution is 2.29. The summed E-state index contributed by atoms with van der Waals surface area (Å²) < 4.78 is 29.2. The highest BCUT2D eigenvalue weighted by molar-refractivity contribution is 7.88. The molecule has 0 spiro atoms. The first-order chi connectivity index (χ1) is 12.5. The van der Waals surface area contributed by atoms with E-state index in [1.807, 2.05) is 42.7 Å². The Bertz CT molecular complexity index is 794. The predicted octanol–water partition coefficient (Wildman–Crippen LogP) is 2.15. The Morgan fingerprint density at radius 3 is 2.50 bits per heavy atom. The minimum Gasteiger partial charge on any atom is -0.333 e. The topological polar surface area (TPSA) is 58.4 Å². The van der Waals surface area contributed by atoms with Crippen LogP contribution in [0.4, 0.5) is 0 Å². The van der Waals surface area contributed by atoms with Crippen molar-refractivity contribution in [2.75, 3.05) is 33.7 Å². The van der Waals surface area contributed by atoms with Gasteiger partial charge in [-0.1, -0.05) is 30.3 Å². The van der Waals surface area contributed by atoms with E-state index in [-0.39, 0.29) is 5.75 Å². The molecule has 1 fully saturated rings. The van der Waals surface area contributed by atoms with Gasteiger partial charge in [-0.15, -0.1) is 0 Å². The molecule has 1 aliphatic rings. The first kappa shape index (κ1) is 19.1. The van der Waals surface area contributed by atoms with Crippen molar-refractivity contribution < 1.29 is 8.42 Å². The summed E-state index contributed by atoms with van der Waals surface area (Å²) in [5.41, 5.74) is 0.842. The first-order valence-corrected chi connectivity index (χ1v) is 10.7. The molecule has 3 rings (SSSR count). The van der Waals surface area contributed by atoms with E-state index in [1.54, 1.807) is 4.31 Å². The van der Waals surface area contributed by atoms with Crippen LogP contribution >= 0.6 is 0 Å². The largest absolute Gasteiger partial charge is 0.333 e. The fourth-order valence-electron chi connectivity index (χ4n) is 3.45. The van der Waals surface area contributed by atoms with Crippen LogP contribution in [-0.4, -0.2) is 60.9 Å². The van der Waals surface area contributed by atoms with Crippen LogP contribution in [0.2, 0.25) is 0 Å². The van der Waals surface area contributed by atoms with Crippen LogP contribution in [0.1, 0.15) is 30.1 Å². The predicted molar refractivity (Wildman–Crippen MR) is 103 cm³/mol. The molecule has 26 heavy (non-hydrogen) atoms. The summed E-state index contributed by atoms with van der Waals surface area (Å²) in [5.74, 6) is 1.50. The Hall–Kier alpha value is -1.70. The molecular formula is C19H28N4O2S. The number of imidazole rings is 1. The van der Waals surface area contributed by atoms with Crippen molar-refractivity contribution >= 4 is 10.0 Å². The van der Waals surface area contributed by atoms with Gasteiger partial charge in [0.2, 0.25) is 10.0 Å². The van der Waals surface area contributed by atoms with Gasteiger partial charge in [-0.05, 0) is 32.5 Å². The number of aromatic nitrogens is 2. The minimum atomic E-state index is -3.26. The van der Waals surface area contributed by atoms with E-state index in [4.69, 9.17) is 0 Å². The van der Waals surface area contributed by atoms with E-state index in [1.165, 1.54) is 0 Å². The van der Waals surface area contributed by atoms with E-state index in [9.17, 15) is 8.42 Å². The molecule has 6 nitrogen and oxygen atoms in total. The van der Waals surface area contributed by atoms with Crippen molar-refractivity contribution in [1.29, 1.82) is 0 Å². The van der Waals surface area contributed by atoms with Gasteiger partial charge in [0, 0.05) is 44.5 Å². The molecule has 0 atom stereocenters. The summed E-state index contributed by atoms with van der Waals surface area (Å²) in [5, 5.41) is 0. The smallest absolute Gasteiger partial charge is 0.218 e. The van der Waals surface area contributed by atoms with Gasteiger partial charge < -0.3 is 9.47 Å². The van der Waals surface area contributed by atoms with Gasteiger partial charge in [0.05, 0.1) is 5.75 Å². The van der Waals surface area contributed by atoms with E-state index < -0.39 is 10.0 Å². The summed E-state index contributed by atoms with van der Waals surface area (Å²) in [6.07, 6.45) is 5.53. The van der Waals surface area contributed by atoms with Gasteiger partial charge in [-0.3, -0.25) is 0 Å². The summed E-state index contributed by atoms with van der Waals surface area (Å²) in [6.45, 7) is 3.02. The quantitative estimate of drug-likeness (QED) is 0.743. The summed E-state index contributed by atoms with van der Waals surface area (Å²) in [7, 11) is 0.864. The highest BCUT2D eigenvalue weighted by Gasteiger charge is 2.30. The second-order valence-electron chi connectivity index (χ2n) is 7.20. The van der Waals surface area contributed by atoms with Crippen molar-refractivity contribution in [3.05, 3.63) is 54.1 Å². The SMILES string of the molecule is CN(C)CCn1ccnc1C1CCN(S(=O)(=O)Cc2ccccc2)CC1. The van der Waals surface area contributed by atoms with Gasteiger partial charge in [-0.2, -0.15) is 0 Å². The minimum absolute atomic E-state index is 0.0793. The molecule has 2 heterocycles. The number of nitrogens with zero attached hydrogens (tertiary/aromatic N) is 4. The Balaban J connectivity index is 1.60. The van der Waals surface area contributed by atoms with Crippen LogP contribution in [-0.2, 0) is 22.3 Å². The highest BCUT2D eigenvalue weighted by atomic mass is 32.2. The molecule has 0 bridgehead atoms.